The molecule has 1 saturated heterocycles. The highest BCUT2D eigenvalue weighted by atomic mass is 15.1. The first-order valence-corrected chi connectivity index (χ1v) is 6.73. The lowest BCUT2D eigenvalue weighted by Crippen LogP contribution is -2.37. The third-order valence-corrected chi connectivity index (χ3v) is 4.90. The van der Waals surface area contributed by atoms with Crippen LogP contribution in [0.15, 0.2) is 0 Å². The van der Waals surface area contributed by atoms with Gasteiger partial charge in [-0.25, -0.2) is 0 Å². The van der Waals surface area contributed by atoms with Crippen LogP contribution < -0.4 is 5.32 Å². The Hall–Kier alpha value is -0.0800. The largest absolute Gasteiger partial charge is 0.313 e. The number of nitrogens with zero attached hydrogens (tertiary/aromatic N) is 1. The van der Waals surface area contributed by atoms with Crippen molar-refractivity contribution in [1.82, 2.24) is 10.2 Å². The van der Waals surface area contributed by atoms with Crippen LogP contribution in [0.4, 0.5) is 0 Å². The zero-order valence-corrected chi connectivity index (χ0v) is 9.91. The molecule has 1 aliphatic heterocycles. The highest BCUT2D eigenvalue weighted by Crippen LogP contribution is 2.44. The molecule has 0 amide bonds. The topological polar surface area (TPSA) is 15.3 Å². The Kier molecular flexibility index (Phi) is 2.73. The van der Waals surface area contributed by atoms with Gasteiger partial charge in [-0.2, -0.15) is 0 Å². The Morgan fingerprint density at radius 2 is 2.13 bits per heavy atom. The number of rotatable bonds is 3. The van der Waals surface area contributed by atoms with E-state index in [2.05, 4.69) is 17.3 Å². The Morgan fingerprint density at radius 1 is 1.20 bits per heavy atom. The second-order valence-corrected chi connectivity index (χ2v) is 6.11. The normalized spacial score (nSPS) is 45.4. The minimum absolute atomic E-state index is 0.884. The van der Waals surface area contributed by atoms with Crippen molar-refractivity contribution in [1.29, 1.82) is 0 Å². The first-order chi connectivity index (χ1) is 7.31. The van der Waals surface area contributed by atoms with Crippen LogP contribution in [0, 0.1) is 17.8 Å². The van der Waals surface area contributed by atoms with Crippen molar-refractivity contribution in [3.05, 3.63) is 0 Å². The van der Waals surface area contributed by atoms with Gasteiger partial charge in [0.15, 0.2) is 0 Å². The van der Waals surface area contributed by atoms with Crippen molar-refractivity contribution in [3.8, 4) is 0 Å². The minimum Gasteiger partial charge on any atom is -0.313 e. The van der Waals surface area contributed by atoms with Gasteiger partial charge in [0, 0.05) is 12.6 Å². The maximum absolute atomic E-state index is 3.85. The van der Waals surface area contributed by atoms with Crippen molar-refractivity contribution in [2.75, 3.05) is 26.7 Å². The molecule has 1 N–H and O–H groups in total. The molecule has 2 aliphatic carbocycles. The summed E-state index contributed by atoms with van der Waals surface area (Å²) in [5.41, 5.74) is 0. The van der Waals surface area contributed by atoms with Gasteiger partial charge < -0.3 is 10.2 Å². The fourth-order valence-electron chi connectivity index (χ4n) is 4.01. The molecule has 0 aromatic carbocycles. The maximum atomic E-state index is 3.85. The standard InChI is InChI=1S/C13H24N2/c1-15-5-4-11(9-15)8-14-13-7-10-2-3-12(13)6-10/h10-14H,2-9H2,1H3. The van der Waals surface area contributed by atoms with Gasteiger partial charge in [-0.3, -0.25) is 0 Å². The highest BCUT2D eigenvalue weighted by molar-refractivity contribution is 4.94. The summed E-state index contributed by atoms with van der Waals surface area (Å²) in [4.78, 5) is 2.47. The molecule has 0 spiro atoms. The number of hydrogen-bond acceptors (Lipinski definition) is 2. The van der Waals surface area contributed by atoms with E-state index in [4.69, 9.17) is 0 Å². The van der Waals surface area contributed by atoms with E-state index >= 15 is 0 Å². The van der Waals surface area contributed by atoms with Crippen molar-refractivity contribution in [2.24, 2.45) is 17.8 Å². The average Bonchev–Trinajstić information content (AvgIpc) is 2.90. The summed E-state index contributed by atoms with van der Waals surface area (Å²) in [6.45, 7) is 3.90. The van der Waals surface area contributed by atoms with Gasteiger partial charge in [-0.05, 0) is 63.6 Å². The van der Waals surface area contributed by atoms with Crippen molar-refractivity contribution in [3.63, 3.8) is 0 Å². The molecule has 0 aromatic heterocycles. The second-order valence-electron chi connectivity index (χ2n) is 6.11. The van der Waals surface area contributed by atoms with E-state index in [1.165, 1.54) is 51.7 Å². The number of likely N-dealkylation sites (tertiary alicyclic amines) is 1. The highest BCUT2D eigenvalue weighted by Gasteiger charge is 2.39. The molecular formula is C13H24N2. The van der Waals surface area contributed by atoms with Gasteiger partial charge in [0.25, 0.3) is 0 Å². The van der Waals surface area contributed by atoms with Crippen LogP contribution in [0.1, 0.15) is 32.1 Å². The minimum atomic E-state index is 0.884. The summed E-state index contributed by atoms with van der Waals surface area (Å²) < 4.78 is 0. The van der Waals surface area contributed by atoms with Gasteiger partial charge in [0.05, 0.1) is 0 Å². The van der Waals surface area contributed by atoms with Gasteiger partial charge in [0.1, 0.15) is 0 Å². The molecule has 0 aromatic rings. The smallest absolute Gasteiger partial charge is 0.00981 e. The van der Waals surface area contributed by atoms with Crippen LogP contribution in [-0.2, 0) is 0 Å². The lowest BCUT2D eigenvalue weighted by molar-refractivity contribution is 0.323. The monoisotopic (exact) mass is 208 g/mol. The van der Waals surface area contributed by atoms with E-state index in [-0.39, 0.29) is 0 Å². The molecule has 86 valence electrons. The summed E-state index contributed by atoms with van der Waals surface area (Å²) in [6, 6.07) is 0.884. The lowest BCUT2D eigenvalue weighted by Gasteiger charge is -2.24. The Labute approximate surface area is 93.4 Å². The molecule has 2 bridgehead atoms. The summed E-state index contributed by atoms with van der Waals surface area (Å²) in [5.74, 6) is 3.04. The second kappa shape index (κ2) is 4.06. The average molecular weight is 208 g/mol. The van der Waals surface area contributed by atoms with Crippen LogP contribution >= 0.6 is 0 Å². The SMILES string of the molecule is CN1CCC(CNC2CC3CCC2C3)C1. The van der Waals surface area contributed by atoms with E-state index in [0.29, 0.717) is 0 Å². The Balaban J connectivity index is 1.43. The molecule has 1 heterocycles. The molecule has 0 radical (unpaired) electrons. The maximum Gasteiger partial charge on any atom is 0.00981 e. The zero-order chi connectivity index (χ0) is 10.3. The van der Waals surface area contributed by atoms with Crippen molar-refractivity contribution >= 4 is 0 Å². The van der Waals surface area contributed by atoms with Crippen molar-refractivity contribution in [2.45, 2.75) is 38.1 Å². The third-order valence-electron chi connectivity index (χ3n) is 4.90. The third kappa shape index (κ3) is 2.07. The van der Waals surface area contributed by atoms with Crippen LogP contribution in [-0.4, -0.2) is 37.6 Å². The molecule has 4 unspecified atom stereocenters. The fourth-order valence-corrected chi connectivity index (χ4v) is 4.01. The predicted octanol–water partition coefficient (Wildman–Crippen LogP) is 1.72. The van der Waals surface area contributed by atoms with Crippen LogP contribution in [0.25, 0.3) is 0 Å². The zero-order valence-electron chi connectivity index (χ0n) is 9.91. The number of nitrogens with one attached hydrogen (secondary N) is 1. The van der Waals surface area contributed by atoms with Gasteiger partial charge in [-0.1, -0.05) is 6.42 Å². The molecule has 2 heteroatoms. The van der Waals surface area contributed by atoms with Crippen LogP contribution in [0.2, 0.25) is 0 Å². The van der Waals surface area contributed by atoms with Gasteiger partial charge >= 0.3 is 0 Å². The Bertz CT molecular complexity index is 229. The van der Waals surface area contributed by atoms with E-state index in [1.807, 2.05) is 0 Å². The molecule has 4 atom stereocenters. The van der Waals surface area contributed by atoms with E-state index in [0.717, 1.165) is 23.8 Å². The first kappa shape index (κ1) is 10.1. The molecular weight excluding hydrogens is 184 g/mol. The van der Waals surface area contributed by atoms with Crippen molar-refractivity contribution < 1.29 is 0 Å². The summed E-state index contributed by atoms with van der Waals surface area (Å²) in [6.07, 6.45) is 7.45. The summed E-state index contributed by atoms with van der Waals surface area (Å²) >= 11 is 0. The summed E-state index contributed by atoms with van der Waals surface area (Å²) in [5, 5.41) is 3.85. The molecule has 3 fully saturated rings. The fraction of sp³-hybridized carbons (Fsp3) is 1.00. The number of hydrogen-bond donors (Lipinski definition) is 1. The number of fused-ring (bicyclic) bond motifs is 2. The van der Waals surface area contributed by atoms with E-state index in [9.17, 15) is 0 Å². The summed E-state index contributed by atoms with van der Waals surface area (Å²) in [7, 11) is 2.25. The molecule has 3 aliphatic rings. The van der Waals surface area contributed by atoms with Gasteiger partial charge in [-0.15, -0.1) is 0 Å². The molecule has 15 heavy (non-hydrogen) atoms. The Morgan fingerprint density at radius 3 is 2.73 bits per heavy atom. The van der Waals surface area contributed by atoms with Crippen LogP contribution in [0.5, 0.6) is 0 Å². The molecule has 3 rings (SSSR count). The lowest BCUT2D eigenvalue weighted by atomic mass is 9.95. The van der Waals surface area contributed by atoms with Gasteiger partial charge in [0.2, 0.25) is 0 Å². The molecule has 2 saturated carbocycles. The van der Waals surface area contributed by atoms with E-state index in [1.54, 1.807) is 0 Å². The van der Waals surface area contributed by atoms with E-state index < -0.39 is 0 Å². The first-order valence-electron chi connectivity index (χ1n) is 6.73. The molecule has 2 nitrogen and oxygen atoms in total. The van der Waals surface area contributed by atoms with Crippen LogP contribution in [0.3, 0.4) is 0 Å². The predicted molar refractivity (Wildman–Crippen MR) is 62.8 cm³/mol. The quantitative estimate of drug-likeness (QED) is 0.759.